The van der Waals surface area contributed by atoms with Crippen molar-refractivity contribution < 1.29 is 26.1 Å². The molecule has 0 radical (unpaired) electrons. The minimum Gasteiger partial charge on any atom is -0.303 e. The molecule has 1 aliphatic heterocycles. The van der Waals surface area contributed by atoms with E-state index in [1.807, 2.05) is 0 Å². The molecule has 1 aliphatic rings. The van der Waals surface area contributed by atoms with Crippen molar-refractivity contribution in [3.63, 3.8) is 0 Å². The van der Waals surface area contributed by atoms with Crippen LogP contribution in [0.2, 0.25) is 0 Å². The van der Waals surface area contributed by atoms with E-state index < -0.39 is 15.6 Å². The standard InChI is InChI=1S/C19H39N.CHF3O3S/c1-3-5-7-8-9-10-11-12-16-20-17-14-19(15-18-20)13-6-4-2;2-1(3,4)8(5,6)7/h19H,3-18H2,1-2H3;(H,5,6,7). The van der Waals surface area contributed by atoms with Crippen molar-refractivity contribution in [2.45, 2.75) is 103 Å². The van der Waals surface area contributed by atoms with Crippen molar-refractivity contribution >= 4 is 10.1 Å². The fraction of sp³-hybridized carbons (Fsp3) is 1.00. The van der Waals surface area contributed by atoms with Crippen LogP contribution in [-0.4, -0.2) is 43.0 Å². The fourth-order valence-corrected chi connectivity index (χ4v) is 3.46. The molecule has 0 aliphatic carbocycles. The first-order valence-electron chi connectivity index (χ1n) is 10.9. The summed E-state index contributed by atoms with van der Waals surface area (Å²) >= 11 is 0. The van der Waals surface area contributed by atoms with Crippen molar-refractivity contribution in [1.29, 1.82) is 0 Å². The van der Waals surface area contributed by atoms with Crippen LogP contribution >= 0.6 is 0 Å². The quantitative estimate of drug-likeness (QED) is 0.220. The maximum Gasteiger partial charge on any atom is 0.522 e. The summed E-state index contributed by atoms with van der Waals surface area (Å²) in [6, 6.07) is 0. The first kappa shape index (κ1) is 27.7. The van der Waals surface area contributed by atoms with Crippen LogP contribution in [0.15, 0.2) is 0 Å². The van der Waals surface area contributed by atoms with E-state index in [2.05, 4.69) is 18.7 Å². The lowest BCUT2D eigenvalue weighted by Crippen LogP contribution is -2.34. The number of hydrogen-bond acceptors (Lipinski definition) is 3. The maximum atomic E-state index is 10.7. The number of unbranched alkanes of at least 4 members (excludes halogenated alkanes) is 8. The van der Waals surface area contributed by atoms with Crippen molar-refractivity contribution in [1.82, 2.24) is 4.90 Å². The summed E-state index contributed by atoms with van der Waals surface area (Å²) in [5.74, 6) is 1.05. The van der Waals surface area contributed by atoms with Gasteiger partial charge in [-0.1, -0.05) is 78.1 Å². The number of piperidine rings is 1. The Kier molecular flexibility index (Phi) is 15.3. The molecule has 0 bridgehead atoms. The highest BCUT2D eigenvalue weighted by Gasteiger charge is 2.44. The van der Waals surface area contributed by atoms with Crippen molar-refractivity contribution in [3.8, 4) is 0 Å². The molecule has 0 unspecified atom stereocenters. The average molecular weight is 432 g/mol. The molecule has 1 fully saturated rings. The predicted octanol–water partition coefficient (Wildman–Crippen LogP) is 6.42. The van der Waals surface area contributed by atoms with E-state index in [4.69, 9.17) is 13.0 Å². The Morgan fingerprint density at radius 2 is 1.29 bits per heavy atom. The number of nitrogens with zero attached hydrogens (tertiary/aromatic N) is 1. The van der Waals surface area contributed by atoms with Gasteiger partial charge < -0.3 is 4.90 Å². The minimum atomic E-state index is -5.84. The molecule has 0 aromatic heterocycles. The highest BCUT2D eigenvalue weighted by atomic mass is 32.2. The summed E-state index contributed by atoms with van der Waals surface area (Å²) in [4.78, 5) is 2.72. The van der Waals surface area contributed by atoms with Gasteiger partial charge in [-0.15, -0.1) is 0 Å². The second-order valence-electron chi connectivity index (χ2n) is 7.82. The Labute approximate surface area is 170 Å². The van der Waals surface area contributed by atoms with Gasteiger partial charge in [-0.25, -0.2) is 0 Å². The lowest BCUT2D eigenvalue weighted by atomic mass is 9.91. The van der Waals surface area contributed by atoms with Gasteiger partial charge in [0, 0.05) is 0 Å². The number of alkyl halides is 3. The van der Waals surface area contributed by atoms with Crippen LogP contribution in [0.3, 0.4) is 0 Å². The Morgan fingerprint density at radius 3 is 1.71 bits per heavy atom. The molecule has 4 nitrogen and oxygen atoms in total. The zero-order valence-electron chi connectivity index (χ0n) is 17.6. The maximum absolute atomic E-state index is 10.7. The molecule has 0 saturated carbocycles. The number of halogens is 3. The molecule has 1 saturated heterocycles. The smallest absolute Gasteiger partial charge is 0.303 e. The van der Waals surface area contributed by atoms with Gasteiger partial charge in [-0.05, 0) is 44.8 Å². The average Bonchev–Trinajstić information content (AvgIpc) is 2.62. The summed E-state index contributed by atoms with van der Waals surface area (Å²) in [5, 5.41) is 0. The second-order valence-corrected chi connectivity index (χ2v) is 9.24. The normalized spacial score (nSPS) is 16.6. The zero-order chi connectivity index (χ0) is 21.5. The first-order chi connectivity index (χ1) is 13.1. The van der Waals surface area contributed by atoms with Gasteiger partial charge in [0.2, 0.25) is 0 Å². The molecule has 0 atom stereocenters. The van der Waals surface area contributed by atoms with E-state index in [0.29, 0.717) is 0 Å². The monoisotopic (exact) mass is 431 g/mol. The van der Waals surface area contributed by atoms with Crippen molar-refractivity contribution in [3.05, 3.63) is 0 Å². The van der Waals surface area contributed by atoms with Gasteiger partial charge in [0.25, 0.3) is 0 Å². The molecular formula is C20H40F3NO3S. The van der Waals surface area contributed by atoms with Crippen LogP contribution in [0.4, 0.5) is 13.2 Å². The highest BCUT2D eigenvalue weighted by Crippen LogP contribution is 2.23. The lowest BCUT2D eigenvalue weighted by Gasteiger charge is -2.32. The van der Waals surface area contributed by atoms with Gasteiger partial charge in [0.05, 0.1) is 0 Å². The lowest BCUT2D eigenvalue weighted by molar-refractivity contribution is -0.0510. The largest absolute Gasteiger partial charge is 0.522 e. The van der Waals surface area contributed by atoms with E-state index in [9.17, 15) is 13.2 Å². The molecule has 0 aromatic carbocycles. The molecule has 1 heterocycles. The zero-order valence-corrected chi connectivity index (χ0v) is 18.5. The van der Waals surface area contributed by atoms with Crippen LogP contribution in [0.25, 0.3) is 0 Å². The van der Waals surface area contributed by atoms with Gasteiger partial charge >= 0.3 is 15.6 Å². The Morgan fingerprint density at radius 1 is 0.857 bits per heavy atom. The predicted molar refractivity (Wildman–Crippen MR) is 109 cm³/mol. The van der Waals surface area contributed by atoms with Crippen molar-refractivity contribution in [2.24, 2.45) is 5.92 Å². The summed E-state index contributed by atoms with van der Waals surface area (Å²) in [7, 11) is -5.84. The Balaban J connectivity index is 0.000000769. The van der Waals surface area contributed by atoms with Gasteiger partial charge in [0.15, 0.2) is 0 Å². The molecule has 0 aromatic rings. The van der Waals surface area contributed by atoms with Crippen molar-refractivity contribution in [2.75, 3.05) is 19.6 Å². The third-order valence-corrected chi connectivity index (χ3v) is 5.88. The molecule has 0 amide bonds. The summed E-state index contributed by atoms with van der Waals surface area (Å²) in [6.07, 6.45) is 18.8. The number of likely N-dealkylation sites (tertiary alicyclic amines) is 1. The van der Waals surface area contributed by atoms with E-state index >= 15 is 0 Å². The van der Waals surface area contributed by atoms with Crippen LogP contribution in [-0.2, 0) is 10.1 Å². The summed E-state index contributed by atoms with van der Waals surface area (Å²) in [6.45, 7) is 8.74. The van der Waals surface area contributed by atoms with Gasteiger partial charge in [0.1, 0.15) is 0 Å². The van der Waals surface area contributed by atoms with Crippen LogP contribution < -0.4 is 0 Å². The molecule has 8 heteroatoms. The minimum absolute atomic E-state index is 1.05. The third-order valence-electron chi connectivity index (χ3n) is 5.29. The molecule has 170 valence electrons. The second kappa shape index (κ2) is 15.5. The SMILES string of the molecule is CCCCCCCCCCN1CCC(CCCC)CC1.O=S(=O)(O)C(F)(F)F. The molecule has 1 N–H and O–H groups in total. The van der Waals surface area contributed by atoms with E-state index in [1.165, 1.54) is 103 Å². The molecule has 28 heavy (non-hydrogen) atoms. The molecule has 1 rings (SSSR count). The van der Waals surface area contributed by atoms with Crippen LogP contribution in [0, 0.1) is 5.92 Å². The highest BCUT2D eigenvalue weighted by molar-refractivity contribution is 7.86. The van der Waals surface area contributed by atoms with Crippen LogP contribution in [0.5, 0.6) is 0 Å². The van der Waals surface area contributed by atoms with E-state index in [-0.39, 0.29) is 0 Å². The molecular weight excluding hydrogens is 391 g/mol. The summed E-state index contributed by atoms with van der Waals surface area (Å²) < 4.78 is 57.5. The Bertz CT molecular complexity index is 462. The molecule has 0 spiro atoms. The number of rotatable bonds is 12. The van der Waals surface area contributed by atoms with E-state index in [1.54, 1.807) is 0 Å². The number of hydrogen-bond donors (Lipinski definition) is 1. The van der Waals surface area contributed by atoms with Gasteiger partial charge in [-0.3, -0.25) is 4.55 Å². The Hall–Kier alpha value is -0.340. The third kappa shape index (κ3) is 14.6. The summed E-state index contributed by atoms with van der Waals surface area (Å²) in [5.41, 5.74) is -5.53. The first-order valence-corrected chi connectivity index (χ1v) is 12.3. The topological polar surface area (TPSA) is 57.6 Å². The van der Waals surface area contributed by atoms with E-state index in [0.717, 1.165) is 5.92 Å². The fourth-order valence-electron chi connectivity index (χ4n) is 3.46. The van der Waals surface area contributed by atoms with Crippen LogP contribution in [0.1, 0.15) is 97.3 Å². The van der Waals surface area contributed by atoms with Gasteiger partial charge in [-0.2, -0.15) is 21.6 Å².